The molecule has 0 aliphatic heterocycles. The molecule has 0 aliphatic carbocycles. The lowest BCUT2D eigenvalue weighted by atomic mass is 10.0. The van der Waals surface area contributed by atoms with Crippen LogP contribution in [-0.2, 0) is 0 Å². The van der Waals surface area contributed by atoms with Gasteiger partial charge in [0, 0.05) is 0 Å². The molecular weight excluding hydrogens is 175 g/mol. The van der Waals surface area contributed by atoms with Crippen molar-refractivity contribution in [2.45, 2.75) is 0 Å². The van der Waals surface area contributed by atoms with Crippen molar-refractivity contribution < 1.29 is 4.39 Å². The number of benzene rings is 2. The lowest BCUT2D eigenvalue weighted by Gasteiger charge is -2.02. The van der Waals surface area contributed by atoms with Gasteiger partial charge in [-0.25, -0.2) is 4.39 Å². The molecule has 0 saturated carbocycles. The Morgan fingerprint density at radius 1 is 0.857 bits per heavy atom. The molecule has 69 valence electrons. The Hall–Kier alpha value is -1.63. The van der Waals surface area contributed by atoms with Crippen molar-refractivity contribution in [1.29, 1.82) is 0 Å². The summed E-state index contributed by atoms with van der Waals surface area (Å²) in [5, 5.41) is 0. The summed E-state index contributed by atoms with van der Waals surface area (Å²) in [4.78, 5) is 0. The maximum Gasteiger partial charge on any atom is 0.123 e. The first-order valence-corrected chi connectivity index (χ1v) is 4.44. The van der Waals surface area contributed by atoms with Crippen molar-refractivity contribution in [2.24, 2.45) is 0 Å². The van der Waals surface area contributed by atoms with Gasteiger partial charge in [-0.05, 0) is 35.7 Å². The molecular formula is C13H10F. The molecule has 0 spiro atoms. The van der Waals surface area contributed by atoms with Gasteiger partial charge in [0.1, 0.15) is 5.82 Å². The van der Waals surface area contributed by atoms with Crippen LogP contribution in [0.25, 0.3) is 11.1 Å². The minimum Gasteiger partial charge on any atom is -0.207 e. The van der Waals surface area contributed by atoms with E-state index in [4.69, 9.17) is 0 Å². The van der Waals surface area contributed by atoms with Gasteiger partial charge in [-0.3, -0.25) is 0 Å². The van der Waals surface area contributed by atoms with Crippen molar-refractivity contribution >= 4 is 0 Å². The highest BCUT2D eigenvalue weighted by Gasteiger charge is 1.97. The molecule has 0 aromatic heterocycles. The third kappa shape index (κ3) is 1.82. The summed E-state index contributed by atoms with van der Waals surface area (Å²) in [5.74, 6) is -0.209. The highest BCUT2D eigenvalue weighted by atomic mass is 19.1. The Balaban J connectivity index is 2.44. The maximum atomic E-state index is 12.7. The monoisotopic (exact) mass is 185 g/mol. The maximum absolute atomic E-state index is 12.7. The van der Waals surface area contributed by atoms with Crippen molar-refractivity contribution in [1.82, 2.24) is 0 Å². The number of hydrogen-bond acceptors (Lipinski definition) is 0. The van der Waals surface area contributed by atoms with Gasteiger partial charge in [0.05, 0.1) is 0 Å². The average molecular weight is 185 g/mol. The molecule has 1 heteroatoms. The van der Waals surface area contributed by atoms with Crippen LogP contribution in [-0.4, -0.2) is 0 Å². The Morgan fingerprint density at radius 3 is 2.21 bits per heavy atom. The first-order valence-electron chi connectivity index (χ1n) is 4.44. The fourth-order valence-corrected chi connectivity index (χ4v) is 1.39. The van der Waals surface area contributed by atoms with E-state index in [9.17, 15) is 4.39 Å². The van der Waals surface area contributed by atoms with Crippen molar-refractivity contribution in [2.75, 3.05) is 0 Å². The first kappa shape index (κ1) is 8.95. The second-order valence-corrected chi connectivity index (χ2v) is 3.21. The minimum atomic E-state index is -0.209. The molecule has 0 bridgehead atoms. The molecule has 0 heterocycles. The lowest BCUT2D eigenvalue weighted by molar-refractivity contribution is 0.628. The van der Waals surface area contributed by atoms with Crippen LogP contribution in [0.5, 0.6) is 0 Å². The Labute approximate surface area is 83.0 Å². The van der Waals surface area contributed by atoms with E-state index in [1.807, 2.05) is 24.3 Å². The summed E-state index contributed by atoms with van der Waals surface area (Å²) in [6.45, 7) is 3.85. The molecule has 0 saturated heterocycles. The Kier molecular flexibility index (Phi) is 2.32. The molecule has 0 N–H and O–H groups in total. The largest absolute Gasteiger partial charge is 0.207 e. The second kappa shape index (κ2) is 3.62. The summed E-state index contributed by atoms with van der Waals surface area (Å²) >= 11 is 0. The van der Waals surface area contributed by atoms with E-state index >= 15 is 0 Å². The lowest BCUT2D eigenvalue weighted by Crippen LogP contribution is -1.79. The highest BCUT2D eigenvalue weighted by Crippen LogP contribution is 2.20. The van der Waals surface area contributed by atoms with Gasteiger partial charge in [0.15, 0.2) is 0 Å². The zero-order chi connectivity index (χ0) is 9.97. The van der Waals surface area contributed by atoms with E-state index in [-0.39, 0.29) is 5.82 Å². The molecule has 2 rings (SSSR count). The zero-order valence-electron chi connectivity index (χ0n) is 7.70. The summed E-state index contributed by atoms with van der Waals surface area (Å²) in [6, 6.07) is 14.3. The van der Waals surface area contributed by atoms with Crippen LogP contribution in [0.3, 0.4) is 0 Å². The third-order valence-electron chi connectivity index (χ3n) is 2.10. The highest BCUT2D eigenvalue weighted by molar-refractivity contribution is 5.64. The Bertz CT molecular complexity index is 429. The van der Waals surface area contributed by atoms with E-state index in [1.165, 1.54) is 12.1 Å². The predicted molar refractivity (Wildman–Crippen MR) is 56.3 cm³/mol. The first-order chi connectivity index (χ1) is 6.75. The molecule has 1 radical (unpaired) electrons. The second-order valence-electron chi connectivity index (χ2n) is 3.21. The number of rotatable bonds is 1. The quantitative estimate of drug-likeness (QED) is 0.635. The summed E-state index contributed by atoms with van der Waals surface area (Å²) in [6.07, 6.45) is 0. The topological polar surface area (TPSA) is 0 Å². The van der Waals surface area contributed by atoms with Gasteiger partial charge >= 0.3 is 0 Å². The molecule has 0 nitrogen and oxygen atoms in total. The molecule has 0 amide bonds. The number of hydrogen-bond donors (Lipinski definition) is 0. The minimum absolute atomic E-state index is 0.209. The van der Waals surface area contributed by atoms with Crippen LogP contribution in [0.2, 0.25) is 0 Å². The third-order valence-corrected chi connectivity index (χ3v) is 2.10. The van der Waals surface area contributed by atoms with Gasteiger partial charge in [-0.1, -0.05) is 36.4 Å². The van der Waals surface area contributed by atoms with Crippen LogP contribution in [0.15, 0.2) is 48.5 Å². The van der Waals surface area contributed by atoms with Gasteiger partial charge < -0.3 is 0 Å². The van der Waals surface area contributed by atoms with Crippen molar-refractivity contribution in [3.05, 3.63) is 66.8 Å². The molecule has 0 fully saturated rings. The van der Waals surface area contributed by atoms with Gasteiger partial charge in [0.25, 0.3) is 0 Å². The van der Waals surface area contributed by atoms with E-state index in [1.54, 1.807) is 12.1 Å². The molecule has 0 aliphatic rings. The predicted octanol–water partition coefficient (Wildman–Crippen LogP) is 3.67. The average Bonchev–Trinajstić information content (AvgIpc) is 2.19. The van der Waals surface area contributed by atoms with Crippen LogP contribution in [0.1, 0.15) is 5.56 Å². The van der Waals surface area contributed by atoms with Gasteiger partial charge in [-0.15, -0.1) is 0 Å². The van der Waals surface area contributed by atoms with Crippen LogP contribution in [0.4, 0.5) is 4.39 Å². The zero-order valence-corrected chi connectivity index (χ0v) is 7.70. The van der Waals surface area contributed by atoms with E-state index in [0.717, 1.165) is 16.7 Å². The normalized spacial score (nSPS) is 10.1. The van der Waals surface area contributed by atoms with Crippen LogP contribution in [0, 0.1) is 12.7 Å². The molecule has 2 aromatic rings. The SMILES string of the molecule is [CH2]c1cccc(-c2ccc(F)cc2)c1. The molecule has 0 unspecified atom stereocenters. The standard InChI is InChI=1S/C13H10F/c1-10-3-2-4-12(9-10)11-5-7-13(14)8-6-11/h2-9H,1H2. The Morgan fingerprint density at radius 2 is 1.57 bits per heavy atom. The van der Waals surface area contributed by atoms with E-state index in [2.05, 4.69) is 6.92 Å². The molecule has 2 aromatic carbocycles. The fraction of sp³-hybridized carbons (Fsp3) is 0. The molecule has 0 atom stereocenters. The van der Waals surface area contributed by atoms with Gasteiger partial charge in [0.2, 0.25) is 0 Å². The summed E-state index contributed by atoms with van der Waals surface area (Å²) < 4.78 is 12.7. The summed E-state index contributed by atoms with van der Waals surface area (Å²) in [5.41, 5.74) is 3.04. The fourth-order valence-electron chi connectivity index (χ4n) is 1.39. The summed E-state index contributed by atoms with van der Waals surface area (Å²) in [7, 11) is 0. The van der Waals surface area contributed by atoms with Crippen LogP contribution < -0.4 is 0 Å². The smallest absolute Gasteiger partial charge is 0.123 e. The van der Waals surface area contributed by atoms with Gasteiger partial charge in [-0.2, -0.15) is 0 Å². The van der Waals surface area contributed by atoms with E-state index in [0.29, 0.717) is 0 Å². The van der Waals surface area contributed by atoms with Crippen molar-refractivity contribution in [3.63, 3.8) is 0 Å². The number of halogens is 1. The molecule has 14 heavy (non-hydrogen) atoms. The van der Waals surface area contributed by atoms with Crippen LogP contribution >= 0.6 is 0 Å². The van der Waals surface area contributed by atoms with Crippen molar-refractivity contribution in [3.8, 4) is 11.1 Å². The van der Waals surface area contributed by atoms with E-state index < -0.39 is 0 Å².